The SMILES string of the molecule is Cc1c(Oc2cccc(Oc3cccc(Oc4cccc(F)c4)c3)c2)ccc(Oc2cccc(Oc3cccc(Oc4cccc(F)c4)c3)c2)c1C. The monoisotopic (exact) mass is 694 g/mol. The molecular weight excluding hydrogens is 662 g/mol. The van der Waals surface area contributed by atoms with E-state index in [2.05, 4.69) is 0 Å². The zero-order valence-electron chi connectivity index (χ0n) is 28.2. The van der Waals surface area contributed by atoms with Gasteiger partial charge in [-0.3, -0.25) is 0 Å². The number of hydrogen-bond acceptors (Lipinski definition) is 6. The van der Waals surface area contributed by atoms with Gasteiger partial charge in [-0.15, -0.1) is 0 Å². The van der Waals surface area contributed by atoms with Crippen LogP contribution in [0.15, 0.2) is 158 Å². The zero-order valence-corrected chi connectivity index (χ0v) is 28.2. The molecule has 8 heteroatoms. The molecular formula is C44H32F2O6. The van der Waals surface area contributed by atoms with Crippen molar-refractivity contribution in [2.45, 2.75) is 13.8 Å². The maximum Gasteiger partial charge on any atom is 0.131 e. The van der Waals surface area contributed by atoms with Crippen LogP contribution in [-0.4, -0.2) is 0 Å². The lowest BCUT2D eigenvalue weighted by molar-refractivity contribution is 0.443. The standard InChI is InChI=1S/C44H32F2O6/c1-29-30(2)44(52-42-20-8-18-40(28-42)50-38-16-6-14-36(26-38)48-34-12-4-10-32(46)24-34)22-21-43(29)51-41-19-7-17-39(27-41)49-37-15-5-13-35(25-37)47-33-11-3-9-31(45)23-33/h3-28H,1-2H3. The summed E-state index contributed by atoms with van der Waals surface area (Å²) < 4.78 is 63.5. The van der Waals surface area contributed by atoms with Gasteiger partial charge in [-0.1, -0.05) is 36.4 Å². The predicted molar refractivity (Wildman–Crippen MR) is 195 cm³/mol. The van der Waals surface area contributed by atoms with Crippen molar-refractivity contribution in [2.24, 2.45) is 0 Å². The van der Waals surface area contributed by atoms with Crippen LogP contribution in [0.5, 0.6) is 69.0 Å². The van der Waals surface area contributed by atoms with Gasteiger partial charge in [0, 0.05) is 36.4 Å². The molecule has 0 radical (unpaired) electrons. The molecule has 0 unspecified atom stereocenters. The Kier molecular flexibility index (Phi) is 9.97. The Morgan fingerprint density at radius 2 is 0.519 bits per heavy atom. The van der Waals surface area contributed by atoms with Crippen LogP contribution in [0.4, 0.5) is 8.78 Å². The van der Waals surface area contributed by atoms with Crippen LogP contribution in [-0.2, 0) is 0 Å². The lowest BCUT2D eigenvalue weighted by Gasteiger charge is -2.16. The Bertz CT molecular complexity index is 2180. The fourth-order valence-corrected chi connectivity index (χ4v) is 5.26. The lowest BCUT2D eigenvalue weighted by atomic mass is 10.1. The van der Waals surface area contributed by atoms with Crippen molar-refractivity contribution in [1.29, 1.82) is 0 Å². The normalized spacial score (nSPS) is 10.7. The summed E-state index contributed by atoms with van der Waals surface area (Å²) in [4.78, 5) is 0. The molecule has 258 valence electrons. The topological polar surface area (TPSA) is 55.4 Å². The molecule has 0 atom stereocenters. The second-order valence-corrected chi connectivity index (χ2v) is 11.7. The molecule has 0 aromatic heterocycles. The van der Waals surface area contributed by atoms with Crippen molar-refractivity contribution in [2.75, 3.05) is 0 Å². The first-order chi connectivity index (χ1) is 25.3. The van der Waals surface area contributed by atoms with E-state index < -0.39 is 0 Å². The first-order valence-electron chi connectivity index (χ1n) is 16.4. The van der Waals surface area contributed by atoms with E-state index in [0.29, 0.717) is 69.0 Å². The minimum Gasteiger partial charge on any atom is -0.457 e. The van der Waals surface area contributed by atoms with E-state index in [1.54, 1.807) is 72.8 Å². The van der Waals surface area contributed by atoms with Gasteiger partial charge < -0.3 is 28.4 Å². The number of rotatable bonds is 12. The van der Waals surface area contributed by atoms with E-state index in [1.165, 1.54) is 24.3 Å². The molecule has 7 rings (SSSR count). The Morgan fingerprint density at radius 3 is 0.788 bits per heavy atom. The fourth-order valence-electron chi connectivity index (χ4n) is 5.26. The molecule has 0 bridgehead atoms. The van der Waals surface area contributed by atoms with Crippen LogP contribution in [0.2, 0.25) is 0 Å². The van der Waals surface area contributed by atoms with Gasteiger partial charge in [0.1, 0.15) is 80.6 Å². The van der Waals surface area contributed by atoms with Crippen LogP contribution in [0.3, 0.4) is 0 Å². The highest BCUT2D eigenvalue weighted by Crippen LogP contribution is 2.38. The smallest absolute Gasteiger partial charge is 0.131 e. The van der Waals surface area contributed by atoms with Crippen LogP contribution < -0.4 is 28.4 Å². The van der Waals surface area contributed by atoms with Crippen LogP contribution in [0.1, 0.15) is 11.1 Å². The van der Waals surface area contributed by atoms with Gasteiger partial charge in [-0.05, 0) is 110 Å². The van der Waals surface area contributed by atoms with Crippen LogP contribution >= 0.6 is 0 Å². The predicted octanol–water partition coefficient (Wildman–Crippen LogP) is 13.3. The third-order valence-corrected chi connectivity index (χ3v) is 7.90. The molecule has 0 N–H and O–H groups in total. The molecule has 7 aromatic carbocycles. The number of ether oxygens (including phenoxy) is 6. The van der Waals surface area contributed by atoms with Crippen molar-refractivity contribution in [3.8, 4) is 69.0 Å². The summed E-state index contributed by atoms with van der Waals surface area (Å²) in [5.41, 5.74) is 1.82. The van der Waals surface area contributed by atoms with Crippen molar-refractivity contribution < 1.29 is 37.2 Å². The molecule has 0 aliphatic carbocycles. The largest absolute Gasteiger partial charge is 0.457 e. The second-order valence-electron chi connectivity index (χ2n) is 11.7. The molecule has 0 heterocycles. The van der Waals surface area contributed by atoms with Crippen molar-refractivity contribution in [1.82, 2.24) is 0 Å². The van der Waals surface area contributed by atoms with Gasteiger partial charge in [-0.25, -0.2) is 8.78 Å². The van der Waals surface area contributed by atoms with E-state index in [1.807, 2.05) is 74.5 Å². The molecule has 7 aromatic rings. The highest BCUT2D eigenvalue weighted by molar-refractivity contribution is 5.51. The second kappa shape index (κ2) is 15.4. The van der Waals surface area contributed by atoms with Gasteiger partial charge in [0.2, 0.25) is 0 Å². The summed E-state index contributed by atoms with van der Waals surface area (Å²) in [5.74, 6) is 5.85. The summed E-state index contributed by atoms with van der Waals surface area (Å²) in [6, 6.07) is 44.5. The number of hydrogen-bond donors (Lipinski definition) is 0. The maximum absolute atomic E-state index is 13.6. The third kappa shape index (κ3) is 8.67. The first kappa shape index (κ1) is 33.7. The Hall–Kier alpha value is -6.80. The lowest BCUT2D eigenvalue weighted by Crippen LogP contribution is -1.95. The van der Waals surface area contributed by atoms with E-state index in [4.69, 9.17) is 28.4 Å². The Morgan fingerprint density at radius 1 is 0.288 bits per heavy atom. The van der Waals surface area contributed by atoms with Gasteiger partial charge in [0.15, 0.2) is 0 Å². The van der Waals surface area contributed by atoms with Crippen molar-refractivity contribution >= 4 is 0 Å². The molecule has 6 nitrogen and oxygen atoms in total. The molecule has 0 fully saturated rings. The van der Waals surface area contributed by atoms with Crippen LogP contribution in [0.25, 0.3) is 0 Å². The molecule has 0 aliphatic heterocycles. The molecule has 0 amide bonds. The van der Waals surface area contributed by atoms with Crippen LogP contribution in [0, 0.1) is 25.5 Å². The highest BCUT2D eigenvalue weighted by atomic mass is 19.1. The average molecular weight is 695 g/mol. The summed E-state index contributed by atoms with van der Waals surface area (Å²) in [6.45, 7) is 3.95. The summed E-state index contributed by atoms with van der Waals surface area (Å²) in [7, 11) is 0. The summed E-state index contributed by atoms with van der Waals surface area (Å²) >= 11 is 0. The average Bonchev–Trinajstić information content (AvgIpc) is 3.12. The van der Waals surface area contributed by atoms with Gasteiger partial charge in [0.05, 0.1) is 0 Å². The quantitative estimate of drug-likeness (QED) is 0.127. The zero-order chi connectivity index (χ0) is 35.9. The van der Waals surface area contributed by atoms with Gasteiger partial charge >= 0.3 is 0 Å². The Labute approximate surface area is 300 Å². The minimum atomic E-state index is -0.374. The van der Waals surface area contributed by atoms with E-state index >= 15 is 0 Å². The Balaban J connectivity index is 0.994. The molecule has 0 saturated heterocycles. The maximum atomic E-state index is 13.6. The highest BCUT2D eigenvalue weighted by Gasteiger charge is 2.12. The van der Waals surface area contributed by atoms with Crippen molar-refractivity contribution in [3.63, 3.8) is 0 Å². The van der Waals surface area contributed by atoms with E-state index in [0.717, 1.165) is 11.1 Å². The molecule has 0 spiro atoms. The molecule has 0 saturated carbocycles. The van der Waals surface area contributed by atoms with E-state index in [-0.39, 0.29) is 11.6 Å². The number of halogens is 2. The fraction of sp³-hybridized carbons (Fsp3) is 0.0455. The van der Waals surface area contributed by atoms with Gasteiger partial charge in [0.25, 0.3) is 0 Å². The van der Waals surface area contributed by atoms with Gasteiger partial charge in [-0.2, -0.15) is 0 Å². The molecule has 52 heavy (non-hydrogen) atoms. The minimum absolute atomic E-state index is 0.374. The van der Waals surface area contributed by atoms with E-state index in [9.17, 15) is 8.78 Å². The number of benzene rings is 7. The first-order valence-corrected chi connectivity index (χ1v) is 16.4. The summed E-state index contributed by atoms with van der Waals surface area (Å²) in [6.07, 6.45) is 0. The molecule has 0 aliphatic rings. The van der Waals surface area contributed by atoms with Crippen molar-refractivity contribution in [3.05, 3.63) is 180 Å². The summed E-state index contributed by atoms with van der Waals surface area (Å²) in [5, 5.41) is 0. The third-order valence-electron chi connectivity index (χ3n) is 7.90.